The van der Waals surface area contributed by atoms with Crippen molar-refractivity contribution in [2.24, 2.45) is 0 Å². The van der Waals surface area contributed by atoms with Crippen molar-refractivity contribution >= 4 is 27.3 Å². The molecule has 8 heteroatoms. The van der Waals surface area contributed by atoms with Gasteiger partial charge in [0.15, 0.2) is 9.84 Å². The Morgan fingerprint density at radius 2 is 1.93 bits per heavy atom. The minimum atomic E-state index is -3.43. The number of likely N-dealkylation sites (N-methyl/N-ethyl adjacent to an activating group) is 1. The number of hydrogen-bond donors (Lipinski definition) is 1. The Hall–Kier alpha value is -2.09. The van der Waals surface area contributed by atoms with Crippen molar-refractivity contribution in [3.63, 3.8) is 0 Å². The summed E-state index contributed by atoms with van der Waals surface area (Å²) in [5.41, 5.74) is 1.11. The number of nitrogens with one attached hydrogen (secondary N) is 1. The van der Waals surface area contributed by atoms with Crippen molar-refractivity contribution in [2.75, 3.05) is 34.0 Å². The van der Waals surface area contributed by atoms with Crippen LogP contribution in [0, 0.1) is 0 Å². The first-order chi connectivity index (χ1) is 12.6. The predicted molar refractivity (Wildman–Crippen MR) is 106 cm³/mol. The number of halogens is 1. The number of amides is 1. The quantitative estimate of drug-likeness (QED) is 0.759. The molecule has 0 fully saturated rings. The van der Waals surface area contributed by atoms with Crippen LogP contribution in [0.5, 0.6) is 5.75 Å². The van der Waals surface area contributed by atoms with Gasteiger partial charge in [0, 0.05) is 12.8 Å². The number of benzene rings is 2. The Labute approximate surface area is 165 Å². The second-order valence-electron chi connectivity index (χ2n) is 6.38. The van der Waals surface area contributed by atoms with E-state index in [4.69, 9.17) is 16.3 Å². The summed E-state index contributed by atoms with van der Waals surface area (Å²) in [4.78, 5) is 14.6. The van der Waals surface area contributed by atoms with E-state index in [0.717, 1.165) is 17.6 Å². The molecule has 6 nitrogen and oxygen atoms in total. The van der Waals surface area contributed by atoms with E-state index in [1.807, 2.05) is 43.3 Å². The van der Waals surface area contributed by atoms with Crippen molar-refractivity contribution in [3.8, 4) is 5.75 Å². The van der Waals surface area contributed by atoms with Crippen molar-refractivity contribution in [1.82, 2.24) is 10.2 Å². The van der Waals surface area contributed by atoms with Gasteiger partial charge in [-0.2, -0.15) is 0 Å². The first-order valence-corrected chi connectivity index (χ1v) is 10.5. The largest absolute Gasteiger partial charge is 0.497 e. The van der Waals surface area contributed by atoms with Gasteiger partial charge < -0.3 is 15.0 Å². The maximum atomic E-state index is 12.6. The van der Waals surface area contributed by atoms with Gasteiger partial charge in [0.1, 0.15) is 5.75 Å². The van der Waals surface area contributed by atoms with Crippen LogP contribution in [-0.4, -0.2) is 53.2 Å². The van der Waals surface area contributed by atoms with Gasteiger partial charge in [0.2, 0.25) is 0 Å². The van der Waals surface area contributed by atoms with Gasteiger partial charge in [-0.1, -0.05) is 23.7 Å². The number of nitrogens with zero attached hydrogens (tertiary/aromatic N) is 1. The highest BCUT2D eigenvalue weighted by Gasteiger charge is 2.19. The number of ether oxygens (including phenoxy) is 1. The molecule has 0 spiro atoms. The number of carbonyl (C=O) groups is 1. The van der Waals surface area contributed by atoms with E-state index >= 15 is 0 Å². The zero-order valence-corrected chi connectivity index (χ0v) is 17.3. The molecule has 0 radical (unpaired) electrons. The van der Waals surface area contributed by atoms with Crippen LogP contribution in [0.15, 0.2) is 47.4 Å². The Morgan fingerprint density at radius 3 is 2.52 bits per heavy atom. The second-order valence-corrected chi connectivity index (χ2v) is 8.80. The van der Waals surface area contributed by atoms with Crippen LogP contribution in [0.4, 0.5) is 0 Å². The lowest BCUT2D eigenvalue weighted by Crippen LogP contribution is -2.34. The highest BCUT2D eigenvalue weighted by atomic mass is 35.5. The van der Waals surface area contributed by atoms with E-state index in [1.165, 1.54) is 18.2 Å². The van der Waals surface area contributed by atoms with E-state index in [9.17, 15) is 13.2 Å². The first-order valence-electron chi connectivity index (χ1n) is 8.21. The van der Waals surface area contributed by atoms with E-state index in [-0.39, 0.29) is 21.5 Å². The Kier molecular flexibility index (Phi) is 6.86. The number of carbonyl (C=O) groups excluding carboxylic acids is 1. The van der Waals surface area contributed by atoms with Crippen molar-refractivity contribution in [1.29, 1.82) is 0 Å². The third kappa shape index (κ3) is 5.45. The minimum absolute atomic E-state index is 0.0500. The van der Waals surface area contributed by atoms with Gasteiger partial charge >= 0.3 is 0 Å². The fourth-order valence-corrected chi connectivity index (χ4v) is 3.49. The van der Waals surface area contributed by atoms with Gasteiger partial charge in [-0.15, -0.1) is 0 Å². The molecule has 2 rings (SSSR count). The number of hydrogen-bond acceptors (Lipinski definition) is 5. The van der Waals surface area contributed by atoms with Crippen LogP contribution >= 0.6 is 11.6 Å². The summed E-state index contributed by atoms with van der Waals surface area (Å²) in [6.07, 6.45) is 1.09. The smallest absolute Gasteiger partial charge is 0.252 e. The molecular formula is C19H23ClN2O4S. The van der Waals surface area contributed by atoms with Crippen molar-refractivity contribution < 1.29 is 17.9 Å². The summed E-state index contributed by atoms with van der Waals surface area (Å²) in [7, 11) is 1.99. The third-order valence-corrected chi connectivity index (χ3v) is 5.61. The van der Waals surface area contributed by atoms with Crippen LogP contribution in [0.2, 0.25) is 5.02 Å². The molecule has 0 bridgehead atoms. The Bertz CT molecular complexity index is 929. The summed E-state index contributed by atoms with van der Waals surface area (Å²) in [5, 5.41) is 3.03. The topological polar surface area (TPSA) is 75.7 Å². The lowest BCUT2D eigenvalue weighted by atomic mass is 10.1. The molecule has 0 saturated carbocycles. The SMILES string of the molecule is COc1cccc(C(CNC(=O)c2cc(S(C)(=O)=O)ccc2Cl)N(C)C)c1. The summed E-state index contributed by atoms with van der Waals surface area (Å²) < 4.78 is 28.7. The number of sulfone groups is 1. The fraction of sp³-hybridized carbons (Fsp3) is 0.316. The average Bonchev–Trinajstić information content (AvgIpc) is 2.61. The van der Waals surface area contributed by atoms with Crippen LogP contribution < -0.4 is 10.1 Å². The van der Waals surface area contributed by atoms with Crippen LogP contribution in [-0.2, 0) is 9.84 Å². The third-order valence-electron chi connectivity index (χ3n) is 4.17. The first kappa shape index (κ1) is 21.2. The molecule has 0 aliphatic rings. The number of methoxy groups -OCH3 is 1. The Morgan fingerprint density at radius 1 is 1.22 bits per heavy atom. The van der Waals surface area contributed by atoms with E-state index < -0.39 is 15.7 Å². The lowest BCUT2D eigenvalue weighted by molar-refractivity contribution is 0.0942. The van der Waals surface area contributed by atoms with E-state index in [2.05, 4.69) is 5.32 Å². The monoisotopic (exact) mass is 410 g/mol. The van der Waals surface area contributed by atoms with Gasteiger partial charge in [0.05, 0.1) is 28.6 Å². The van der Waals surface area contributed by atoms with E-state index in [0.29, 0.717) is 6.54 Å². The van der Waals surface area contributed by atoms with Gasteiger partial charge in [-0.3, -0.25) is 4.79 Å². The molecule has 1 amide bonds. The molecule has 1 unspecified atom stereocenters. The molecule has 146 valence electrons. The zero-order valence-electron chi connectivity index (χ0n) is 15.7. The summed E-state index contributed by atoms with van der Waals surface area (Å²) in [5.74, 6) is 0.301. The Balaban J connectivity index is 2.21. The molecule has 2 aromatic rings. The van der Waals surface area contributed by atoms with E-state index in [1.54, 1.807) is 7.11 Å². The molecule has 0 aromatic heterocycles. The summed E-state index contributed by atoms with van der Waals surface area (Å²) in [6, 6.07) is 11.6. The molecule has 1 N–H and O–H groups in total. The maximum absolute atomic E-state index is 12.6. The molecule has 1 atom stereocenters. The molecule has 0 heterocycles. The number of rotatable bonds is 7. The highest BCUT2D eigenvalue weighted by Crippen LogP contribution is 2.23. The lowest BCUT2D eigenvalue weighted by Gasteiger charge is -2.25. The average molecular weight is 411 g/mol. The second kappa shape index (κ2) is 8.73. The zero-order chi connectivity index (χ0) is 20.2. The van der Waals surface area contributed by atoms with Crippen LogP contribution in [0.1, 0.15) is 22.0 Å². The molecular weight excluding hydrogens is 388 g/mol. The fourth-order valence-electron chi connectivity index (χ4n) is 2.64. The highest BCUT2D eigenvalue weighted by molar-refractivity contribution is 7.90. The van der Waals surface area contributed by atoms with Crippen molar-refractivity contribution in [3.05, 3.63) is 58.6 Å². The normalized spacial score (nSPS) is 12.7. The van der Waals surface area contributed by atoms with Crippen LogP contribution in [0.25, 0.3) is 0 Å². The summed E-state index contributed by atoms with van der Waals surface area (Å²) in [6.45, 7) is 0.318. The maximum Gasteiger partial charge on any atom is 0.252 e. The predicted octanol–water partition coefficient (Wildman–Crippen LogP) is 2.78. The van der Waals surface area contributed by atoms with Crippen molar-refractivity contribution in [2.45, 2.75) is 10.9 Å². The van der Waals surface area contributed by atoms with Gasteiger partial charge in [-0.25, -0.2) is 8.42 Å². The molecule has 0 saturated heterocycles. The van der Waals surface area contributed by atoms with Crippen LogP contribution in [0.3, 0.4) is 0 Å². The standard InChI is InChI=1S/C19H23ClN2O4S/c1-22(2)18(13-6-5-7-14(10-13)26-3)12-21-19(23)16-11-15(27(4,24)25)8-9-17(16)20/h5-11,18H,12H2,1-4H3,(H,21,23). The molecule has 0 aliphatic carbocycles. The van der Waals surface area contributed by atoms with Gasteiger partial charge in [0.25, 0.3) is 5.91 Å². The van der Waals surface area contributed by atoms with Gasteiger partial charge in [-0.05, 0) is 50.0 Å². The minimum Gasteiger partial charge on any atom is -0.497 e. The summed E-state index contributed by atoms with van der Waals surface area (Å²) >= 11 is 6.09. The molecule has 2 aromatic carbocycles. The molecule has 27 heavy (non-hydrogen) atoms. The molecule has 0 aliphatic heterocycles.